The summed E-state index contributed by atoms with van der Waals surface area (Å²) < 4.78 is 37.1. The largest absolute Gasteiger partial charge is 0.452 e. The molecule has 0 N–H and O–H groups in total. The van der Waals surface area contributed by atoms with Gasteiger partial charge in [0, 0.05) is 24.8 Å². The Morgan fingerprint density at radius 2 is 1.74 bits per heavy atom. The maximum Gasteiger partial charge on any atom is 0.338 e. The number of esters is 1. The topological polar surface area (TPSA) is 93.2 Å². The molecule has 2 aromatic rings. The first-order valence-corrected chi connectivity index (χ1v) is 11.6. The minimum absolute atomic E-state index is 0.00622. The molecule has 164 valence electrons. The van der Waals surface area contributed by atoms with E-state index in [0.29, 0.717) is 26.3 Å². The summed E-state index contributed by atoms with van der Waals surface area (Å²) in [5.74, 6) is -0.971. The number of amides is 1. The van der Waals surface area contributed by atoms with Gasteiger partial charge in [-0.05, 0) is 49.2 Å². The van der Waals surface area contributed by atoms with Gasteiger partial charge in [0.1, 0.15) is 0 Å². The molecule has 1 amide bonds. The van der Waals surface area contributed by atoms with E-state index in [1.54, 1.807) is 4.90 Å². The molecule has 1 fully saturated rings. The van der Waals surface area contributed by atoms with Crippen molar-refractivity contribution in [1.82, 2.24) is 4.31 Å². The molecule has 2 aliphatic rings. The quantitative estimate of drug-likeness (QED) is 0.654. The highest BCUT2D eigenvalue weighted by Crippen LogP contribution is 2.31. The summed E-state index contributed by atoms with van der Waals surface area (Å²) in [7, 11) is -3.64. The normalized spacial score (nSPS) is 19.1. The van der Waals surface area contributed by atoms with Crippen LogP contribution in [0.1, 0.15) is 22.8 Å². The highest BCUT2D eigenvalue weighted by molar-refractivity contribution is 7.89. The summed E-state index contributed by atoms with van der Waals surface area (Å²) in [6.07, 6.45) is 0.759. The van der Waals surface area contributed by atoms with Crippen molar-refractivity contribution in [3.8, 4) is 0 Å². The first kappa shape index (κ1) is 21.5. The third-order valence-electron chi connectivity index (χ3n) is 5.50. The first-order valence-electron chi connectivity index (χ1n) is 10.1. The van der Waals surface area contributed by atoms with Gasteiger partial charge in [-0.1, -0.05) is 18.2 Å². The molecule has 0 radical (unpaired) electrons. The predicted octanol–water partition coefficient (Wildman–Crippen LogP) is 1.84. The van der Waals surface area contributed by atoms with Crippen LogP contribution < -0.4 is 4.90 Å². The van der Waals surface area contributed by atoms with Crippen LogP contribution in [0.4, 0.5) is 5.69 Å². The fourth-order valence-electron chi connectivity index (χ4n) is 3.92. The Hall–Kier alpha value is -2.75. The molecule has 0 spiro atoms. The van der Waals surface area contributed by atoms with Crippen molar-refractivity contribution in [2.24, 2.45) is 0 Å². The number of sulfonamides is 1. The number of benzene rings is 2. The molecule has 2 aliphatic heterocycles. The van der Waals surface area contributed by atoms with E-state index in [4.69, 9.17) is 9.47 Å². The van der Waals surface area contributed by atoms with Crippen molar-refractivity contribution in [3.05, 3.63) is 59.7 Å². The fourth-order valence-corrected chi connectivity index (χ4v) is 5.33. The van der Waals surface area contributed by atoms with Gasteiger partial charge in [0.2, 0.25) is 10.0 Å². The van der Waals surface area contributed by atoms with Gasteiger partial charge in [0.15, 0.2) is 6.61 Å². The first-order chi connectivity index (χ1) is 14.9. The van der Waals surface area contributed by atoms with Crippen molar-refractivity contribution in [2.45, 2.75) is 24.3 Å². The molecule has 0 aromatic heterocycles. The van der Waals surface area contributed by atoms with Crippen molar-refractivity contribution in [3.63, 3.8) is 0 Å². The minimum Gasteiger partial charge on any atom is -0.452 e. The molecule has 1 saturated heterocycles. The highest BCUT2D eigenvalue weighted by Gasteiger charge is 2.31. The zero-order chi connectivity index (χ0) is 22.0. The van der Waals surface area contributed by atoms with E-state index < -0.39 is 16.0 Å². The number of hydrogen-bond acceptors (Lipinski definition) is 6. The van der Waals surface area contributed by atoms with Gasteiger partial charge in [0.25, 0.3) is 5.91 Å². The van der Waals surface area contributed by atoms with Crippen LogP contribution in [0.2, 0.25) is 0 Å². The Bertz CT molecular complexity index is 1080. The average molecular weight is 445 g/mol. The second-order valence-electron chi connectivity index (χ2n) is 7.56. The zero-order valence-electron chi connectivity index (χ0n) is 17.2. The Morgan fingerprint density at radius 3 is 2.45 bits per heavy atom. The second-order valence-corrected chi connectivity index (χ2v) is 9.50. The second kappa shape index (κ2) is 8.78. The van der Waals surface area contributed by atoms with Gasteiger partial charge >= 0.3 is 5.97 Å². The molecule has 2 heterocycles. The molecule has 31 heavy (non-hydrogen) atoms. The monoisotopic (exact) mass is 444 g/mol. The lowest BCUT2D eigenvalue weighted by Crippen LogP contribution is -2.40. The van der Waals surface area contributed by atoms with Crippen LogP contribution in [-0.2, 0) is 30.7 Å². The van der Waals surface area contributed by atoms with E-state index in [1.807, 2.05) is 31.2 Å². The van der Waals surface area contributed by atoms with Crippen molar-refractivity contribution >= 4 is 27.6 Å². The maximum absolute atomic E-state index is 12.7. The molecule has 2 aromatic carbocycles. The molecule has 0 unspecified atom stereocenters. The van der Waals surface area contributed by atoms with Crippen molar-refractivity contribution in [2.75, 3.05) is 37.8 Å². The number of hydrogen-bond donors (Lipinski definition) is 0. The van der Waals surface area contributed by atoms with E-state index in [-0.39, 0.29) is 29.0 Å². The van der Waals surface area contributed by atoms with Gasteiger partial charge < -0.3 is 14.4 Å². The Balaban J connectivity index is 1.39. The molecule has 9 heteroatoms. The maximum atomic E-state index is 12.7. The fraction of sp³-hybridized carbons (Fsp3) is 0.364. The SMILES string of the molecule is C[C@@H]1Cc2ccccc2N1C(=O)COC(=O)c1ccc(S(=O)(=O)N2CCOCC2)cc1. The van der Waals surface area contributed by atoms with Gasteiger partial charge in [-0.2, -0.15) is 4.31 Å². The van der Waals surface area contributed by atoms with Crippen LogP contribution in [0.15, 0.2) is 53.4 Å². The number of carbonyl (C=O) groups is 2. The van der Waals surface area contributed by atoms with Gasteiger partial charge in [-0.15, -0.1) is 0 Å². The number of carbonyl (C=O) groups excluding carboxylic acids is 2. The molecular formula is C22H24N2O6S. The smallest absolute Gasteiger partial charge is 0.338 e. The predicted molar refractivity (Wildman–Crippen MR) is 113 cm³/mol. The molecule has 0 bridgehead atoms. The number of fused-ring (bicyclic) bond motifs is 1. The summed E-state index contributed by atoms with van der Waals surface area (Å²) in [5, 5.41) is 0. The Kier molecular flexibility index (Phi) is 6.08. The van der Waals surface area contributed by atoms with Crippen LogP contribution in [0, 0.1) is 0 Å². The number of rotatable bonds is 5. The Morgan fingerprint density at radius 1 is 1.06 bits per heavy atom. The third-order valence-corrected chi connectivity index (χ3v) is 7.41. The number of anilines is 1. The summed E-state index contributed by atoms with van der Waals surface area (Å²) in [6.45, 7) is 2.88. The average Bonchev–Trinajstić information content (AvgIpc) is 3.13. The number of nitrogens with zero attached hydrogens (tertiary/aromatic N) is 2. The highest BCUT2D eigenvalue weighted by atomic mass is 32.2. The molecule has 4 rings (SSSR count). The summed E-state index contributed by atoms with van der Waals surface area (Å²) in [4.78, 5) is 26.8. The number of ether oxygens (including phenoxy) is 2. The molecule has 8 nitrogen and oxygen atoms in total. The van der Waals surface area contributed by atoms with Crippen LogP contribution in [0.25, 0.3) is 0 Å². The summed E-state index contributed by atoms with van der Waals surface area (Å²) >= 11 is 0. The van der Waals surface area contributed by atoms with Gasteiger partial charge in [0.05, 0.1) is 23.7 Å². The van der Waals surface area contributed by atoms with Crippen LogP contribution in [0.3, 0.4) is 0 Å². The molecular weight excluding hydrogens is 420 g/mol. The lowest BCUT2D eigenvalue weighted by atomic mass is 10.1. The lowest BCUT2D eigenvalue weighted by molar-refractivity contribution is -0.122. The zero-order valence-corrected chi connectivity index (χ0v) is 18.0. The van der Waals surface area contributed by atoms with Crippen LogP contribution >= 0.6 is 0 Å². The third kappa shape index (κ3) is 4.34. The van der Waals surface area contributed by atoms with Crippen molar-refractivity contribution < 1.29 is 27.5 Å². The van der Waals surface area contributed by atoms with Crippen LogP contribution in [-0.4, -0.2) is 63.6 Å². The van der Waals surface area contributed by atoms with E-state index in [1.165, 1.54) is 28.6 Å². The minimum atomic E-state index is -3.64. The standard InChI is InChI=1S/C22H24N2O6S/c1-16-14-18-4-2-3-5-20(18)24(16)21(25)15-30-22(26)17-6-8-19(9-7-17)31(27,28)23-10-12-29-13-11-23/h2-9,16H,10-15H2,1H3/t16-/m1/s1. The van der Waals surface area contributed by atoms with E-state index in [9.17, 15) is 18.0 Å². The van der Waals surface area contributed by atoms with Crippen LogP contribution in [0.5, 0.6) is 0 Å². The summed E-state index contributed by atoms with van der Waals surface area (Å²) in [5.41, 5.74) is 2.11. The van der Waals surface area contributed by atoms with E-state index in [0.717, 1.165) is 17.7 Å². The molecule has 0 saturated carbocycles. The van der Waals surface area contributed by atoms with Gasteiger partial charge in [-0.3, -0.25) is 4.79 Å². The van der Waals surface area contributed by atoms with Crippen molar-refractivity contribution in [1.29, 1.82) is 0 Å². The van der Waals surface area contributed by atoms with Gasteiger partial charge in [-0.25, -0.2) is 13.2 Å². The number of morpholine rings is 1. The molecule has 0 aliphatic carbocycles. The summed E-state index contributed by atoms with van der Waals surface area (Å²) in [6, 6.07) is 13.2. The lowest BCUT2D eigenvalue weighted by Gasteiger charge is -2.26. The number of para-hydroxylation sites is 1. The van der Waals surface area contributed by atoms with E-state index in [2.05, 4.69) is 0 Å². The Labute approximate surface area is 181 Å². The van der Waals surface area contributed by atoms with E-state index >= 15 is 0 Å². The molecule has 1 atom stereocenters.